The number of ether oxygens (including phenoxy) is 1. The number of phenolic OH excluding ortho intramolecular Hbond substituents is 1. The van der Waals surface area contributed by atoms with Gasteiger partial charge in [-0.25, -0.2) is 0 Å². The summed E-state index contributed by atoms with van der Waals surface area (Å²) in [7, 11) is 0. The minimum absolute atomic E-state index is 0.0880. The van der Waals surface area contributed by atoms with Gasteiger partial charge in [0.15, 0.2) is 0 Å². The van der Waals surface area contributed by atoms with Gasteiger partial charge in [-0.05, 0) is 47.2 Å². The molecule has 0 heterocycles. The lowest BCUT2D eigenvalue weighted by Gasteiger charge is -2.19. The monoisotopic (exact) mass is 341 g/mol. The van der Waals surface area contributed by atoms with Crippen LogP contribution in [0.3, 0.4) is 0 Å². The predicted octanol–water partition coefficient (Wildman–Crippen LogP) is 3.74. The molecule has 134 valence electrons. The lowest BCUT2D eigenvalue weighted by molar-refractivity contribution is -0.120. The molecule has 0 aromatic heterocycles. The average Bonchev–Trinajstić information content (AvgIpc) is 2.55. The molecule has 0 aliphatic heterocycles. The fraction of sp³-hybridized carbons (Fsp3) is 0.381. The fourth-order valence-corrected chi connectivity index (χ4v) is 2.42. The van der Waals surface area contributed by atoms with Crippen LogP contribution in [0.1, 0.15) is 37.5 Å². The maximum atomic E-state index is 11.9. The van der Waals surface area contributed by atoms with E-state index < -0.39 is 0 Å². The Morgan fingerprint density at radius 3 is 2.40 bits per heavy atom. The van der Waals surface area contributed by atoms with Crippen LogP contribution >= 0.6 is 0 Å². The van der Waals surface area contributed by atoms with Crippen molar-refractivity contribution in [1.82, 2.24) is 5.32 Å². The molecule has 0 unspecified atom stereocenters. The number of amides is 1. The Kier molecular flexibility index (Phi) is 6.07. The minimum Gasteiger partial charge on any atom is -0.508 e. The van der Waals surface area contributed by atoms with Crippen LogP contribution in [0.5, 0.6) is 11.5 Å². The maximum Gasteiger partial charge on any atom is 0.224 e. The summed E-state index contributed by atoms with van der Waals surface area (Å²) in [6.45, 7) is 9.20. The van der Waals surface area contributed by atoms with Crippen LogP contribution in [0.2, 0.25) is 0 Å². The van der Waals surface area contributed by atoms with E-state index >= 15 is 0 Å². The van der Waals surface area contributed by atoms with Gasteiger partial charge in [-0.15, -0.1) is 0 Å². The molecule has 1 amide bonds. The second-order valence-corrected chi connectivity index (χ2v) is 7.27. The Morgan fingerprint density at radius 1 is 1.12 bits per heavy atom. The van der Waals surface area contributed by atoms with E-state index in [9.17, 15) is 9.90 Å². The number of carbonyl (C=O) groups is 1. The second-order valence-electron chi connectivity index (χ2n) is 7.27. The summed E-state index contributed by atoms with van der Waals surface area (Å²) in [6, 6.07) is 13.3. The van der Waals surface area contributed by atoms with E-state index in [0.29, 0.717) is 13.2 Å². The van der Waals surface area contributed by atoms with Crippen LogP contribution in [-0.4, -0.2) is 24.2 Å². The molecule has 2 N–H and O–H groups in total. The lowest BCUT2D eigenvalue weighted by Crippen LogP contribution is -2.29. The van der Waals surface area contributed by atoms with Crippen molar-refractivity contribution in [2.75, 3.05) is 13.2 Å². The van der Waals surface area contributed by atoms with Gasteiger partial charge >= 0.3 is 0 Å². The van der Waals surface area contributed by atoms with Crippen LogP contribution in [0, 0.1) is 6.92 Å². The summed E-state index contributed by atoms with van der Waals surface area (Å²) in [5, 5.41) is 12.5. The van der Waals surface area contributed by atoms with Gasteiger partial charge in [0, 0.05) is 0 Å². The molecule has 0 saturated heterocycles. The number of aryl methyl sites for hydroxylation is 1. The highest BCUT2D eigenvalue weighted by Crippen LogP contribution is 2.24. The maximum absolute atomic E-state index is 11.9. The van der Waals surface area contributed by atoms with Gasteiger partial charge in [0.05, 0.1) is 13.0 Å². The summed E-state index contributed by atoms with van der Waals surface area (Å²) >= 11 is 0. The van der Waals surface area contributed by atoms with Gasteiger partial charge in [-0.1, -0.05) is 45.0 Å². The molecular formula is C21H27NO3. The van der Waals surface area contributed by atoms with E-state index in [0.717, 1.165) is 16.9 Å². The quantitative estimate of drug-likeness (QED) is 0.787. The van der Waals surface area contributed by atoms with Crippen LogP contribution in [0.4, 0.5) is 0 Å². The summed E-state index contributed by atoms with van der Waals surface area (Å²) in [4.78, 5) is 11.9. The molecule has 2 aromatic rings. The van der Waals surface area contributed by atoms with Gasteiger partial charge in [0.25, 0.3) is 0 Å². The third-order valence-electron chi connectivity index (χ3n) is 4.05. The van der Waals surface area contributed by atoms with E-state index in [2.05, 4.69) is 38.2 Å². The molecule has 0 saturated carbocycles. The van der Waals surface area contributed by atoms with Crippen molar-refractivity contribution in [3.05, 3.63) is 59.2 Å². The molecule has 0 spiro atoms. The van der Waals surface area contributed by atoms with Crippen molar-refractivity contribution in [2.24, 2.45) is 0 Å². The smallest absolute Gasteiger partial charge is 0.224 e. The minimum atomic E-state index is -0.0880. The number of aromatic hydroxyl groups is 1. The second kappa shape index (κ2) is 8.06. The molecule has 0 radical (unpaired) electrons. The number of rotatable bonds is 6. The predicted molar refractivity (Wildman–Crippen MR) is 100 cm³/mol. The SMILES string of the molecule is Cc1ccc(CC(=O)NCCOc2ccc(C(C)(C)C)cc2)cc1O. The number of hydrogen-bond donors (Lipinski definition) is 2. The molecule has 25 heavy (non-hydrogen) atoms. The van der Waals surface area contributed by atoms with Crippen LogP contribution in [-0.2, 0) is 16.6 Å². The first kappa shape index (κ1) is 18.8. The van der Waals surface area contributed by atoms with Gasteiger partial charge in [-0.2, -0.15) is 0 Å². The van der Waals surface area contributed by atoms with Gasteiger partial charge in [0.2, 0.25) is 5.91 Å². The van der Waals surface area contributed by atoms with Crippen LogP contribution in [0.25, 0.3) is 0 Å². The molecule has 4 nitrogen and oxygen atoms in total. The molecule has 0 fully saturated rings. The zero-order chi connectivity index (χ0) is 18.4. The van der Waals surface area contributed by atoms with E-state index in [4.69, 9.17) is 4.74 Å². The average molecular weight is 341 g/mol. The Morgan fingerprint density at radius 2 is 1.80 bits per heavy atom. The third kappa shape index (κ3) is 5.82. The first-order valence-corrected chi connectivity index (χ1v) is 8.54. The molecule has 0 aliphatic carbocycles. The largest absolute Gasteiger partial charge is 0.508 e. The number of benzene rings is 2. The highest BCUT2D eigenvalue weighted by atomic mass is 16.5. The van der Waals surface area contributed by atoms with Crippen LogP contribution in [0.15, 0.2) is 42.5 Å². The summed E-state index contributed by atoms with van der Waals surface area (Å²) in [6.07, 6.45) is 0.244. The van der Waals surface area contributed by atoms with E-state index in [1.165, 1.54) is 5.56 Å². The summed E-state index contributed by atoms with van der Waals surface area (Å²) in [5.74, 6) is 0.924. The molecule has 4 heteroatoms. The Hall–Kier alpha value is -2.49. The Labute approximate surface area is 149 Å². The van der Waals surface area contributed by atoms with Crippen LogP contribution < -0.4 is 10.1 Å². The first-order chi connectivity index (χ1) is 11.8. The molecular weight excluding hydrogens is 314 g/mol. The molecule has 2 rings (SSSR count). The van der Waals surface area contributed by atoms with E-state index in [1.54, 1.807) is 6.07 Å². The topological polar surface area (TPSA) is 58.6 Å². The van der Waals surface area contributed by atoms with Crippen molar-refractivity contribution in [3.8, 4) is 11.5 Å². The van der Waals surface area contributed by atoms with Crippen molar-refractivity contribution in [2.45, 2.75) is 39.5 Å². The lowest BCUT2D eigenvalue weighted by atomic mass is 9.87. The molecule has 2 aromatic carbocycles. The van der Waals surface area contributed by atoms with E-state index in [-0.39, 0.29) is 23.5 Å². The molecule has 0 bridgehead atoms. The highest BCUT2D eigenvalue weighted by Gasteiger charge is 2.13. The molecule has 0 aliphatic rings. The number of carbonyl (C=O) groups excluding carboxylic acids is 1. The standard InChI is InChI=1S/C21H27NO3/c1-15-5-6-16(13-19(15)23)14-20(24)22-11-12-25-18-9-7-17(8-10-18)21(2,3)4/h5-10,13,23H,11-12,14H2,1-4H3,(H,22,24). The summed E-state index contributed by atoms with van der Waals surface area (Å²) < 4.78 is 5.65. The third-order valence-corrected chi connectivity index (χ3v) is 4.05. The van der Waals surface area contributed by atoms with Crippen molar-refractivity contribution in [1.29, 1.82) is 0 Å². The Bertz CT molecular complexity index is 715. The number of hydrogen-bond acceptors (Lipinski definition) is 3. The molecule has 0 atom stereocenters. The van der Waals surface area contributed by atoms with Gasteiger partial charge in [0.1, 0.15) is 18.1 Å². The zero-order valence-electron chi connectivity index (χ0n) is 15.4. The number of phenols is 1. The summed E-state index contributed by atoms with van der Waals surface area (Å²) in [5.41, 5.74) is 2.97. The normalized spacial score (nSPS) is 11.2. The highest BCUT2D eigenvalue weighted by molar-refractivity contribution is 5.78. The first-order valence-electron chi connectivity index (χ1n) is 8.54. The van der Waals surface area contributed by atoms with Crippen molar-refractivity contribution < 1.29 is 14.6 Å². The zero-order valence-corrected chi connectivity index (χ0v) is 15.4. The van der Waals surface area contributed by atoms with Crippen molar-refractivity contribution >= 4 is 5.91 Å². The fourth-order valence-electron chi connectivity index (χ4n) is 2.42. The van der Waals surface area contributed by atoms with Gasteiger partial charge < -0.3 is 15.2 Å². The number of nitrogens with one attached hydrogen (secondary N) is 1. The van der Waals surface area contributed by atoms with E-state index in [1.807, 2.05) is 31.2 Å². The van der Waals surface area contributed by atoms with Crippen molar-refractivity contribution in [3.63, 3.8) is 0 Å². The Balaban J connectivity index is 1.73. The van der Waals surface area contributed by atoms with Gasteiger partial charge in [-0.3, -0.25) is 4.79 Å².